The Labute approximate surface area is 170 Å². The predicted octanol–water partition coefficient (Wildman–Crippen LogP) is 3.62. The maximum atomic E-state index is 12.4. The normalized spacial score (nSPS) is 10.4. The first-order valence-corrected chi connectivity index (χ1v) is 8.91. The van der Waals surface area contributed by atoms with Gasteiger partial charge >= 0.3 is 5.97 Å². The van der Waals surface area contributed by atoms with E-state index in [2.05, 4.69) is 10.4 Å². The van der Waals surface area contributed by atoms with Gasteiger partial charge in [0.15, 0.2) is 5.69 Å². The van der Waals surface area contributed by atoms with Crippen LogP contribution < -0.4 is 10.1 Å². The maximum absolute atomic E-state index is 12.4. The Bertz CT molecular complexity index is 1110. The highest BCUT2D eigenvalue weighted by atomic mass is 16.6. The number of hydrogen-bond donors (Lipinski definition) is 2. The number of benzene rings is 2. The molecule has 1 heterocycles. The van der Waals surface area contributed by atoms with E-state index in [9.17, 15) is 19.7 Å². The fourth-order valence-corrected chi connectivity index (χ4v) is 2.65. The minimum Gasteiger partial charge on any atom is -0.481 e. The zero-order valence-corrected chi connectivity index (χ0v) is 15.9. The first-order chi connectivity index (χ1) is 14.3. The van der Waals surface area contributed by atoms with Crippen LogP contribution in [0, 0.1) is 17.0 Å². The summed E-state index contributed by atoms with van der Waals surface area (Å²) in [6.07, 6.45) is 1.35. The SMILES string of the molecule is Cc1cccc(Oc2cc(NC(=O)c3ccn(CCC(=O)O)n3)cc([N+](=O)[O-])c2)c1. The van der Waals surface area contributed by atoms with Crippen LogP contribution in [0.4, 0.5) is 11.4 Å². The van der Waals surface area contributed by atoms with Gasteiger partial charge in [-0.05, 0) is 30.7 Å². The van der Waals surface area contributed by atoms with E-state index in [-0.39, 0.29) is 35.8 Å². The lowest BCUT2D eigenvalue weighted by Gasteiger charge is -2.09. The van der Waals surface area contributed by atoms with Crippen molar-refractivity contribution in [1.82, 2.24) is 9.78 Å². The lowest BCUT2D eigenvalue weighted by molar-refractivity contribution is -0.384. The second-order valence-electron chi connectivity index (χ2n) is 6.45. The Kier molecular flexibility index (Phi) is 6.06. The van der Waals surface area contributed by atoms with Gasteiger partial charge in [-0.15, -0.1) is 0 Å². The number of carboxylic acids is 1. The van der Waals surface area contributed by atoms with Crippen molar-refractivity contribution in [1.29, 1.82) is 0 Å². The molecule has 2 N–H and O–H groups in total. The summed E-state index contributed by atoms with van der Waals surface area (Å²) in [5, 5.41) is 26.6. The number of carbonyl (C=O) groups is 2. The van der Waals surface area contributed by atoms with Crippen LogP contribution in [0.3, 0.4) is 0 Å². The zero-order valence-electron chi connectivity index (χ0n) is 15.9. The maximum Gasteiger partial charge on any atom is 0.305 e. The molecule has 0 saturated heterocycles. The summed E-state index contributed by atoms with van der Waals surface area (Å²) < 4.78 is 7.04. The number of hydrogen-bond acceptors (Lipinski definition) is 6. The van der Waals surface area contributed by atoms with Crippen molar-refractivity contribution in [3.05, 3.63) is 76.1 Å². The first kappa shape index (κ1) is 20.5. The second-order valence-corrected chi connectivity index (χ2v) is 6.45. The summed E-state index contributed by atoms with van der Waals surface area (Å²) in [6.45, 7) is 2.01. The molecule has 10 nitrogen and oxygen atoms in total. The largest absolute Gasteiger partial charge is 0.481 e. The van der Waals surface area contributed by atoms with Crippen molar-refractivity contribution in [2.75, 3.05) is 5.32 Å². The number of ether oxygens (including phenoxy) is 1. The van der Waals surface area contributed by atoms with E-state index < -0.39 is 16.8 Å². The number of nitrogens with one attached hydrogen (secondary N) is 1. The zero-order chi connectivity index (χ0) is 21.7. The molecule has 154 valence electrons. The van der Waals surface area contributed by atoms with E-state index in [0.717, 1.165) is 5.56 Å². The Hall–Kier alpha value is -4.21. The average molecular weight is 410 g/mol. The van der Waals surface area contributed by atoms with Gasteiger partial charge in [0, 0.05) is 18.3 Å². The number of nitrogens with zero attached hydrogens (tertiary/aromatic N) is 3. The molecular weight excluding hydrogens is 392 g/mol. The fourth-order valence-electron chi connectivity index (χ4n) is 2.65. The smallest absolute Gasteiger partial charge is 0.305 e. The van der Waals surface area contributed by atoms with Crippen molar-refractivity contribution in [2.45, 2.75) is 19.9 Å². The molecule has 0 unspecified atom stereocenters. The molecule has 1 amide bonds. The van der Waals surface area contributed by atoms with E-state index in [0.29, 0.717) is 5.75 Å². The first-order valence-electron chi connectivity index (χ1n) is 8.91. The molecule has 30 heavy (non-hydrogen) atoms. The molecule has 0 bridgehead atoms. The third-order valence-corrected chi connectivity index (χ3v) is 4.01. The summed E-state index contributed by atoms with van der Waals surface area (Å²) in [5.74, 6) is -0.873. The second kappa shape index (κ2) is 8.86. The number of non-ortho nitro benzene ring substituents is 1. The van der Waals surface area contributed by atoms with Gasteiger partial charge in [0.25, 0.3) is 11.6 Å². The van der Waals surface area contributed by atoms with Crippen LogP contribution in [0.15, 0.2) is 54.7 Å². The van der Waals surface area contributed by atoms with Crippen molar-refractivity contribution >= 4 is 23.3 Å². The Balaban J connectivity index is 1.79. The summed E-state index contributed by atoms with van der Waals surface area (Å²) >= 11 is 0. The fraction of sp³-hybridized carbons (Fsp3) is 0.150. The lowest BCUT2D eigenvalue weighted by atomic mass is 10.2. The highest BCUT2D eigenvalue weighted by Crippen LogP contribution is 2.30. The molecule has 0 atom stereocenters. The number of carboxylic acid groups (broad SMARTS) is 1. The molecule has 10 heteroatoms. The highest BCUT2D eigenvalue weighted by Gasteiger charge is 2.15. The molecule has 3 aromatic rings. The predicted molar refractivity (Wildman–Crippen MR) is 107 cm³/mol. The number of nitro benzene ring substituents is 1. The number of aliphatic carboxylic acids is 1. The summed E-state index contributed by atoms with van der Waals surface area (Å²) in [5.41, 5.74) is 0.928. The van der Waals surface area contributed by atoms with Crippen LogP contribution in [0.25, 0.3) is 0 Å². The van der Waals surface area contributed by atoms with Crippen LogP contribution in [-0.4, -0.2) is 31.7 Å². The molecule has 0 radical (unpaired) electrons. The van der Waals surface area contributed by atoms with E-state index in [1.54, 1.807) is 18.2 Å². The Morgan fingerprint density at radius 2 is 2.00 bits per heavy atom. The summed E-state index contributed by atoms with van der Waals surface area (Å²) in [6, 6.07) is 12.6. The quantitative estimate of drug-likeness (QED) is 0.427. The van der Waals surface area contributed by atoms with Gasteiger partial charge in [-0.1, -0.05) is 12.1 Å². The molecule has 0 aliphatic heterocycles. The minimum absolute atomic E-state index is 0.0491. The van der Waals surface area contributed by atoms with Crippen molar-refractivity contribution in [3.8, 4) is 11.5 Å². The number of amides is 1. The third-order valence-electron chi connectivity index (χ3n) is 4.01. The minimum atomic E-state index is -0.978. The molecule has 0 aliphatic rings. The van der Waals surface area contributed by atoms with Crippen LogP contribution in [-0.2, 0) is 11.3 Å². The lowest BCUT2D eigenvalue weighted by Crippen LogP contribution is -2.14. The number of carbonyl (C=O) groups excluding carboxylic acids is 1. The molecule has 3 rings (SSSR count). The monoisotopic (exact) mass is 410 g/mol. The molecule has 1 aromatic heterocycles. The van der Waals surface area contributed by atoms with E-state index in [1.165, 1.54) is 35.1 Å². The molecule has 0 spiro atoms. The molecule has 0 aliphatic carbocycles. The summed E-state index contributed by atoms with van der Waals surface area (Å²) in [4.78, 5) is 33.8. The standard InChI is InChI=1S/C20H18N4O6/c1-13-3-2-4-16(9-13)30-17-11-14(10-15(12-17)24(28)29)21-20(27)18-5-7-23(22-18)8-6-19(25)26/h2-5,7,9-12H,6,8H2,1H3,(H,21,27)(H,25,26). The number of anilines is 1. The van der Waals surface area contributed by atoms with E-state index in [4.69, 9.17) is 9.84 Å². The summed E-state index contributed by atoms with van der Waals surface area (Å²) in [7, 11) is 0. The van der Waals surface area contributed by atoms with Crippen LogP contribution in [0.1, 0.15) is 22.5 Å². The van der Waals surface area contributed by atoms with Gasteiger partial charge in [-0.25, -0.2) is 0 Å². The van der Waals surface area contributed by atoms with Crippen molar-refractivity contribution in [2.24, 2.45) is 0 Å². The van der Waals surface area contributed by atoms with Gasteiger partial charge in [-0.3, -0.25) is 24.4 Å². The van der Waals surface area contributed by atoms with E-state index >= 15 is 0 Å². The average Bonchev–Trinajstić information content (AvgIpc) is 3.15. The van der Waals surface area contributed by atoms with Gasteiger partial charge in [0.1, 0.15) is 11.5 Å². The van der Waals surface area contributed by atoms with Crippen molar-refractivity contribution in [3.63, 3.8) is 0 Å². The third kappa shape index (κ3) is 5.41. The number of rotatable bonds is 8. The number of nitro groups is 1. The van der Waals surface area contributed by atoms with Gasteiger partial charge in [-0.2, -0.15) is 5.10 Å². The number of aryl methyl sites for hydroxylation is 2. The van der Waals surface area contributed by atoms with Crippen LogP contribution >= 0.6 is 0 Å². The van der Waals surface area contributed by atoms with Crippen LogP contribution in [0.2, 0.25) is 0 Å². The Morgan fingerprint density at radius 3 is 2.70 bits per heavy atom. The topological polar surface area (TPSA) is 137 Å². The molecular formula is C20H18N4O6. The molecule has 0 fully saturated rings. The van der Waals surface area contributed by atoms with Crippen LogP contribution in [0.5, 0.6) is 11.5 Å². The van der Waals surface area contributed by atoms with E-state index in [1.807, 2.05) is 13.0 Å². The van der Waals surface area contributed by atoms with Gasteiger partial charge in [0.2, 0.25) is 0 Å². The molecule has 0 saturated carbocycles. The Morgan fingerprint density at radius 1 is 1.20 bits per heavy atom. The van der Waals surface area contributed by atoms with Gasteiger partial charge < -0.3 is 15.2 Å². The highest BCUT2D eigenvalue weighted by molar-refractivity contribution is 6.03. The molecule has 2 aromatic carbocycles. The van der Waals surface area contributed by atoms with Crippen molar-refractivity contribution < 1.29 is 24.4 Å². The van der Waals surface area contributed by atoms with Gasteiger partial charge in [0.05, 0.1) is 29.6 Å². The number of aromatic nitrogens is 2.